The van der Waals surface area contributed by atoms with Crippen LogP contribution in [0.2, 0.25) is 0 Å². The third-order valence-electron chi connectivity index (χ3n) is 3.75. The quantitative estimate of drug-likeness (QED) is 0.894. The maximum absolute atomic E-state index is 12.4. The Morgan fingerprint density at radius 2 is 2.33 bits per heavy atom. The van der Waals surface area contributed by atoms with Crippen LogP contribution in [0.5, 0.6) is 0 Å². The number of urea groups is 1. The molecule has 1 aliphatic heterocycles. The molecule has 21 heavy (non-hydrogen) atoms. The van der Waals surface area contributed by atoms with Gasteiger partial charge >= 0.3 is 12.0 Å². The number of likely N-dealkylation sites (tertiary alicyclic amines) is 1. The molecule has 0 saturated carbocycles. The third-order valence-corrected chi connectivity index (χ3v) is 4.64. The number of aliphatic carboxylic acids is 1. The number of carbonyl (C=O) groups is 2. The summed E-state index contributed by atoms with van der Waals surface area (Å²) in [6.45, 7) is 4.85. The number of hydrogen-bond acceptors (Lipinski definition) is 4. The monoisotopic (exact) mass is 311 g/mol. The summed E-state index contributed by atoms with van der Waals surface area (Å²) in [5.41, 5.74) is 0. The Hall–Kier alpha value is -1.63. The van der Waals surface area contributed by atoms with Crippen molar-refractivity contribution in [3.05, 3.63) is 16.6 Å². The molecule has 2 N–H and O–H groups in total. The second-order valence-electron chi connectivity index (χ2n) is 5.56. The van der Waals surface area contributed by atoms with Gasteiger partial charge in [-0.05, 0) is 18.8 Å². The second kappa shape index (κ2) is 6.89. The number of hydrogen-bond donors (Lipinski definition) is 2. The molecule has 0 radical (unpaired) electrons. The van der Waals surface area contributed by atoms with Crippen molar-refractivity contribution in [3.8, 4) is 0 Å². The van der Waals surface area contributed by atoms with Gasteiger partial charge in [0.15, 0.2) is 0 Å². The van der Waals surface area contributed by atoms with Gasteiger partial charge in [-0.2, -0.15) is 0 Å². The summed E-state index contributed by atoms with van der Waals surface area (Å²) in [7, 11) is 0. The molecule has 0 aliphatic carbocycles. The molecular formula is C14H21N3O3S. The molecule has 7 heteroatoms. The number of thiazole rings is 1. The number of piperidine rings is 1. The number of carboxylic acids is 1. The van der Waals surface area contributed by atoms with Crippen molar-refractivity contribution in [1.29, 1.82) is 0 Å². The maximum atomic E-state index is 12.4. The van der Waals surface area contributed by atoms with E-state index in [2.05, 4.69) is 10.3 Å². The van der Waals surface area contributed by atoms with Gasteiger partial charge in [0.05, 0.1) is 12.0 Å². The van der Waals surface area contributed by atoms with Crippen LogP contribution in [0, 0.1) is 11.8 Å². The summed E-state index contributed by atoms with van der Waals surface area (Å²) in [4.78, 5) is 29.4. The van der Waals surface area contributed by atoms with Crippen LogP contribution in [0.3, 0.4) is 0 Å². The number of carboxylic acid groups (broad SMARTS) is 1. The van der Waals surface area contributed by atoms with Gasteiger partial charge in [-0.1, -0.05) is 13.8 Å². The number of nitrogens with one attached hydrogen (secondary N) is 1. The van der Waals surface area contributed by atoms with Crippen LogP contribution in [0.1, 0.15) is 37.7 Å². The van der Waals surface area contributed by atoms with Crippen molar-refractivity contribution in [3.63, 3.8) is 0 Å². The third kappa shape index (κ3) is 3.93. The van der Waals surface area contributed by atoms with Gasteiger partial charge in [0, 0.05) is 24.7 Å². The molecule has 1 aromatic heterocycles. The Balaban J connectivity index is 2.00. The highest BCUT2D eigenvalue weighted by Gasteiger charge is 2.32. The lowest BCUT2D eigenvalue weighted by atomic mass is 9.91. The Bertz CT molecular complexity index is 492. The lowest BCUT2D eigenvalue weighted by Gasteiger charge is -2.35. The predicted molar refractivity (Wildman–Crippen MR) is 80.2 cm³/mol. The van der Waals surface area contributed by atoms with Crippen LogP contribution in [-0.2, 0) is 4.79 Å². The van der Waals surface area contributed by atoms with Crippen LogP contribution in [0.4, 0.5) is 4.79 Å². The van der Waals surface area contributed by atoms with Gasteiger partial charge in [-0.25, -0.2) is 9.78 Å². The van der Waals surface area contributed by atoms with E-state index < -0.39 is 11.9 Å². The molecule has 1 aliphatic rings. The molecular weight excluding hydrogens is 290 g/mol. The summed E-state index contributed by atoms with van der Waals surface area (Å²) in [5.74, 6) is -1.10. The molecule has 2 rings (SSSR count). The minimum Gasteiger partial charge on any atom is -0.481 e. The number of nitrogens with zero attached hydrogens (tertiary/aromatic N) is 2. The van der Waals surface area contributed by atoms with Crippen molar-refractivity contribution in [2.45, 2.75) is 32.7 Å². The zero-order valence-electron chi connectivity index (χ0n) is 12.3. The fourth-order valence-electron chi connectivity index (χ4n) is 2.68. The van der Waals surface area contributed by atoms with Crippen LogP contribution in [0.25, 0.3) is 0 Å². The van der Waals surface area contributed by atoms with Gasteiger partial charge in [-0.3, -0.25) is 4.79 Å². The highest BCUT2D eigenvalue weighted by molar-refractivity contribution is 7.09. The number of aromatic nitrogens is 1. The van der Waals surface area contributed by atoms with Crippen molar-refractivity contribution < 1.29 is 14.7 Å². The van der Waals surface area contributed by atoms with Gasteiger partial charge < -0.3 is 15.3 Å². The zero-order valence-corrected chi connectivity index (χ0v) is 13.1. The molecule has 1 fully saturated rings. The van der Waals surface area contributed by atoms with Gasteiger partial charge in [0.2, 0.25) is 0 Å². The van der Waals surface area contributed by atoms with E-state index in [1.165, 1.54) is 11.3 Å². The average molecular weight is 311 g/mol. The summed E-state index contributed by atoms with van der Waals surface area (Å²) in [6.07, 6.45) is 3.10. The molecule has 1 saturated heterocycles. The predicted octanol–water partition coefficient (Wildman–Crippen LogP) is 2.35. The maximum Gasteiger partial charge on any atom is 0.317 e. The molecule has 1 aromatic rings. The van der Waals surface area contributed by atoms with Gasteiger partial charge in [0.1, 0.15) is 5.01 Å². The minimum atomic E-state index is -0.827. The van der Waals surface area contributed by atoms with Crippen molar-refractivity contribution in [2.75, 3.05) is 13.1 Å². The first-order valence-electron chi connectivity index (χ1n) is 7.18. The molecule has 2 amide bonds. The lowest BCUT2D eigenvalue weighted by molar-refractivity contribution is -0.143. The topological polar surface area (TPSA) is 82.5 Å². The summed E-state index contributed by atoms with van der Waals surface area (Å²) in [6, 6.07) is -0.312. The molecule has 0 aromatic carbocycles. The first kappa shape index (κ1) is 15.8. The van der Waals surface area contributed by atoms with E-state index in [9.17, 15) is 9.59 Å². The van der Waals surface area contributed by atoms with Crippen molar-refractivity contribution in [2.24, 2.45) is 11.8 Å². The van der Waals surface area contributed by atoms with E-state index in [0.29, 0.717) is 13.0 Å². The largest absolute Gasteiger partial charge is 0.481 e. The van der Waals surface area contributed by atoms with Crippen LogP contribution in [-0.4, -0.2) is 40.1 Å². The minimum absolute atomic E-state index is 0.113. The van der Waals surface area contributed by atoms with Crippen LogP contribution >= 0.6 is 11.3 Å². The summed E-state index contributed by atoms with van der Waals surface area (Å²) in [5, 5.41) is 14.9. The number of carbonyl (C=O) groups excluding carboxylic acids is 1. The van der Waals surface area contributed by atoms with Crippen molar-refractivity contribution in [1.82, 2.24) is 15.2 Å². The molecule has 0 bridgehead atoms. The normalized spacial score (nSPS) is 23.6. The van der Waals surface area contributed by atoms with Crippen LogP contribution < -0.4 is 5.32 Å². The molecule has 6 nitrogen and oxygen atoms in total. The molecule has 3 unspecified atom stereocenters. The second-order valence-corrected chi connectivity index (χ2v) is 6.49. The zero-order chi connectivity index (χ0) is 15.4. The smallest absolute Gasteiger partial charge is 0.317 e. The Labute approximate surface area is 128 Å². The van der Waals surface area contributed by atoms with Crippen molar-refractivity contribution >= 4 is 23.3 Å². The summed E-state index contributed by atoms with van der Waals surface area (Å²) < 4.78 is 0. The molecule has 116 valence electrons. The fraction of sp³-hybridized carbons (Fsp3) is 0.643. The molecule has 0 spiro atoms. The summed E-state index contributed by atoms with van der Waals surface area (Å²) >= 11 is 1.51. The highest BCUT2D eigenvalue weighted by Crippen LogP contribution is 2.23. The van der Waals surface area contributed by atoms with E-state index in [4.69, 9.17) is 5.11 Å². The first-order chi connectivity index (χ1) is 10.0. The Kier molecular flexibility index (Phi) is 5.17. The Morgan fingerprint density at radius 1 is 1.57 bits per heavy atom. The van der Waals surface area contributed by atoms with E-state index in [-0.39, 0.29) is 24.5 Å². The van der Waals surface area contributed by atoms with E-state index in [1.54, 1.807) is 11.1 Å². The average Bonchev–Trinajstić information content (AvgIpc) is 2.97. The Morgan fingerprint density at radius 3 is 2.90 bits per heavy atom. The number of rotatable bonds is 4. The van der Waals surface area contributed by atoms with Gasteiger partial charge in [-0.15, -0.1) is 11.3 Å². The lowest BCUT2D eigenvalue weighted by Crippen LogP contribution is -2.50. The highest BCUT2D eigenvalue weighted by atomic mass is 32.1. The van der Waals surface area contributed by atoms with E-state index >= 15 is 0 Å². The standard InChI is InChI=1S/C14H21N3O3S/c1-3-11(12-15-4-5-21-12)16-14(20)17-7-9(2)6-10(8-17)13(18)19/h4-5,9-11H,3,6-8H2,1-2H3,(H,16,20)(H,18,19). The first-order valence-corrected chi connectivity index (χ1v) is 8.06. The molecule has 3 atom stereocenters. The SMILES string of the molecule is CCC(NC(=O)N1CC(C)CC(C(=O)O)C1)c1nccs1. The van der Waals surface area contributed by atoms with Gasteiger partial charge in [0.25, 0.3) is 0 Å². The molecule has 2 heterocycles. The van der Waals surface area contributed by atoms with E-state index in [0.717, 1.165) is 11.4 Å². The van der Waals surface area contributed by atoms with E-state index in [1.807, 2.05) is 19.2 Å². The fourth-order valence-corrected chi connectivity index (χ4v) is 3.45. The van der Waals surface area contributed by atoms with Crippen LogP contribution in [0.15, 0.2) is 11.6 Å². The number of amides is 2.